The second kappa shape index (κ2) is 12.8. The Balaban J connectivity index is 1.41. The van der Waals surface area contributed by atoms with Crippen LogP contribution in [0.5, 0.6) is 11.5 Å². The molecule has 2 N–H and O–H groups in total. The monoisotopic (exact) mass is 544 g/mol. The average molecular weight is 545 g/mol. The van der Waals surface area contributed by atoms with Gasteiger partial charge in [-0.05, 0) is 56.7 Å². The fourth-order valence-electron chi connectivity index (χ4n) is 3.77. The predicted octanol–water partition coefficient (Wildman–Crippen LogP) is 5.94. The van der Waals surface area contributed by atoms with E-state index in [0.717, 1.165) is 22.6 Å². The van der Waals surface area contributed by atoms with E-state index in [9.17, 15) is 14.7 Å². The van der Waals surface area contributed by atoms with E-state index in [4.69, 9.17) is 18.6 Å². The van der Waals surface area contributed by atoms with Crippen LogP contribution in [0.1, 0.15) is 36.4 Å². The molecule has 3 aromatic carbocycles. The number of ether oxygens (including phenoxy) is 3. The van der Waals surface area contributed by atoms with Crippen LogP contribution in [0.15, 0.2) is 83.3 Å². The minimum atomic E-state index is -1.49. The first-order chi connectivity index (χ1) is 19.2. The van der Waals surface area contributed by atoms with Gasteiger partial charge in [-0.3, -0.25) is 0 Å². The largest absolute Gasteiger partial charge is 0.493 e. The average Bonchev–Trinajstić information content (AvgIpc) is 3.32. The Morgan fingerprint density at radius 3 is 2.40 bits per heavy atom. The van der Waals surface area contributed by atoms with Gasteiger partial charge in [0.1, 0.15) is 23.9 Å². The van der Waals surface area contributed by atoms with Gasteiger partial charge in [0, 0.05) is 24.1 Å². The lowest BCUT2D eigenvalue weighted by Gasteiger charge is -2.23. The summed E-state index contributed by atoms with van der Waals surface area (Å²) < 4.78 is 22.9. The zero-order valence-electron chi connectivity index (χ0n) is 22.7. The van der Waals surface area contributed by atoms with Crippen molar-refractivity contribution in [2.24, 2.45) is 0 Å². The summed E-state index contributed by atoms with van der Waals surface area (Å²) in [6, 6.07) is 24.1. The molecule has 1 amide bonds. The second-order valence-electron chi connectivity index (χ2n) is 9.59. The summed E-state index contributed by atoms with van der Waals surface area (Å²) in [6.07, 6.45) is -0.102. The van der Waals surface area contributed by atoms with Crippen molar-refractivity contribution in [3.63, 3.8) is 0 Å². The van der Waals surface area contributed by atoms with Crippen molar-refractivity contribution in [3.8, 4) is 23.0 Å². The summed E-state index contributed by atoms with van der Waals surface area (Å²) in [7, 11) is 0. The van der Waals surface area contributed by atoms with Crippen molar-refractivity contribution in [1.82, 2.24) is 10.3 Å². The Bertz CT molecular complexity index is 1430. The fraction of sp³-hybridized carbons (Fsp3) is 0.258. The fourth-order valence-corrected chi connectivity index (χ4v) is 3.77. The number of aromatic nitrogens is 1. The van der Waals surface area contributed by atoms with Crippen molar-refractivity contribution in [2.75, 3.05) is 6.61 Å². The molecule has 0 unspecified atom stereocenters. The highest BCUT2D eigenvalue weighted by Gasteiger charge is 2.30. The highest BCUT2D eigenvalue weighted by atomic mass is 16.6. The molecule has 0 aliphatic rings. The number of carboxylic acid groups (broad SMARTS) is 1. The molecule has 9 nitrogen and oxygen atoms in total. The molecule has 0 atom stereocenters. The molecule has 0 spiro atoms. The lowest BCUT2D eigenvalue weighted by Crippen LogP contribution is -2.38. The third kappa shape index (κ3) is 7.63. The van der Waals surface area contributed by atoms with Crippen LogP contribution in [0.2, 0.25) is 0 Å². The molecule has 0 saturated carbocycles. The normalized spacial score (nSPS) is 11.1. The Morgan fingerprint density at radius 2 is 1.70 bits per heavy atom. The minimum absolute atomic E-state index is 0.147. The van der Waals surface area contributed by atoms with Crippen molar-refractivity contribution < 1.29 is 33.3 Å². The molecule has 0 aliphatic carbocycles. The second-order valence-corrected chi connectivity index (χ2v) is 9.59. The first kappa shape index (κ1) is 28.2. The molecule has 9 heteroatoms. The summed E-state index contributed by atoms with van der Waals surface area (Å²) in [5.74, 6) is 0.931. The van der Waals surface area contributed by atoms with E-state index in [-0.39, 0.29) is 12.4 Å². The molecule has 4 aromatic rings. The van der Waals surface area contributed by atoms with Crippen molar-refractivity contribution in [2.45, 2.75) is 45.9 Å². The van der Waals surface area contributed by atoms with E-state index in [1.807, 2.05) is 67.6 Å². The van der Waals surface area contributed by atoms with Gasteiger partial charge in [-0.15, -0.1) is 0 Å². The van der Waals surface area contributed by atoms with E-state index >= 15 is 0 Å². The third-order valence-corrected chi connectivity index (χ3v) is 6.07. The minimum Gasteiger partial charge on any atom is -0.493 e. The Hall–Kier alpha value is -4.79. The molecular formula is C31H32N2O7. The summed E-state index contributed by atoms with van der Waals surface area (Å²) in [5.41, 5.74) is 1.59. The van der Waals surface area contributed by atoms with Crippen molar-refractivity contribution in [1.29, 1.82) is 0 Å². The standard InChI is InChI=1S/C31H32N2O7/c1-21-26(33-28(39-21)23-12-8-5-9-13-23)16-17-37-25-14-15-27(40-31(2,3)29(34)35)24(18-25)20-38-30(36)32-19-22-10-6-4-7-11-22/h4-15,18H,16-17,19-20H2,1-3H3,(H,32,36)(H,34,35). The molecule has 0 bridgehead atoms. The zero-order chi connectivity index (χ0) is 28.5. The summed E-state index contributed by atoms with van der Waals surface area (Å²) >= 11 is 0. The van der Waals surface area contributed by atoms with Crippen molar-refractivity contribution >= 4 is 12.1 Å². The maximum atomic E-state index is 12.3. The molecule has 1 aromatic heterocycles. The smallest absolute Gasteiger partial charge is 0.407 e. The number of aliphatic carboxylic acids is 1. The number of amides is 1. The lowest BCUT2D eigenvalue weighted by molar-refractivity contribution is -0.152. The number of aryl methyl sites for hydroxylation is 1. The highest BCUT2D eigenvalue weighted by Crippen LogP contribution is 2.29. The number of hydrogen-bond donors (Lipinski definition) is 2. The van der Waals surface area contributed by atoms with Gasteiger partial charge in [0.2, 0.25) is 5.89 Å². The molecular weight excluding hydrogens is 512 g/mol. The van der Waals surface area contributed by atoms with E-state index in [1.165, 1.54) is 13.8 Å². The molecule has 4 rings (SSSR count). The van der Waals surface area contributed by atoms with Gasteiger partial charge >= 0.3 is 12.1 Å². The maximum Gasteiger partial charge on any atom is 0.407 e. The Labute approximate surface area is 232 Å². The number of carboxylic acids is 1. The number of benzene rings is 3. The molecule has 208 valence electrons. The summed E-state index contributed by atoms with van der Waals surface area (Å²) in [5, 5.41) is 12.2. The van der Waals surface area contributed by atoms with Crippen LogP contribution in [0.3, 0.4) is 0 Å². The van der Waals surface area contributed by atoms with E-state index in [2.05, 4.69) is 10.3 Å². The molecule has 40 heavy (non-hydrogen) atoms. The molecule has 0 radical (unpaired) electrons. The Morgan fingerprint density at radius 1 is 1.00 bits per heavy atom. The molecule has 0 aliphatic heterocycles. The SMILES string of the molecule is Cc1oc(-c2ccccc2)nc1CCOc1ccc(OC(C)(C)C(=O)O)c(COC(=O)NCc2ccccc2)c1. The predicted molar refractivity (Wildman–Crippen MR) is 148 cm³/mol. The van der Waals surface area contributed by atoms with Gasteiger partial charge in [-0.25, -0.2) is 14.6 Å². The highest BCUT2D eigenvalue weighted by molar-refractivity contribution is 5.77. The van der Waals surface area contributed by atoms with Crippen LogP contribution < -0.4 is 14.8 Å². The van der Waals surface area contributed by atoms with E-state index < -0.39 is 17.7 Å². The molecule has 0 saturated heterocycles. The van der Waals surface area contributed by atoms with Crippen LogP contribution >= 0.6 is 0 Å². The number of nitrogens with zero attached hydrogens (tertiary/aromatic N) is 1. The van der Waals surface area contributed by atoms with Gasteiger partial charge < -0.3 is 29.1 Å². The molecule has 0 fully saturated rings. The van der Waals surface area contributed by atoms with Crippen LogP contribution in [0, 0.1) is 6.92 Å². The molecule has 1 heterocycles. The third-order valence-electron chi connectivity index (χ3n) is 6.07. The number of oxazole rings is 1. The van der Waals surface area contributed by atoms with Gasteiger partial charge in [0.15, 0.2) is 5.60 Å². The van der Waals surface area contributed by atoms with Gasteiger partial charge in [-0.1, -0.05) is 48.5 Å². The Kier molecular flexibility index (Phi) is 9.06. The number of rotatable bonds is 12. The number of nitrogens with one attached hydrogen (secondary N) is 1. The summed E-state index contributed by atoms with van der Waals surface area (Å²) in [6.45, 7) is 5.24. The van der Waals surface area contributed by atoms with E-state index in [1.54, 1.807) is 18.2 Å². The van der Waals surface area contributed by atoms with Crippen LogP contribution in [0.25, 0.3) is 11.5 Å². The number of carbonyl (C=O) groups is 2. The van der Waals surface area contributed by atoms with Gasteiger partial charge in [-0.2, -0.15) is 0 Å². The van der Waals surface area contributed by atoms with E-state index in [0.29, 0.717) is 36.8 Å². The van der Waals surface area contributed by atoms with Crippen molar-refractivity contribution in [3.05, 3.63) is 101 Å². The van der Waals surface area contributed by atoms with Gasteiger partial charge in [0.25, 0.3) is 0 Å². The van der Waals surface area contributed by atoms with Crippen LogP contribution in [-0.2, 0) is 29.1 Å². The maximum absolute atomic E-state index is 12.3. The lowest BCUT2D eigenvalue weighted by atomic mass is 10.1. The van der Waals surface area contributed by atoms with Gasteiger partial charge in [0.05, 0.1) is 12.3 Å². The number of carbonyl (C=O) groups excluding carboxylic acids is 1. The topological polar surface area (TPSA) is 120 Å². The quantitative estimate of drug-likeness (QED) is 0.225. The number of alkyl carbamates (subject to hydrolysis) is 1. The number of hydrogen-bond acceptors (Lipinski definition) is 7. The van der Waals surface area contributed by atoms with Crippen LogP contribution in [0.4, 0.5) is 4.79 Å². The first-order valence-electron chi connectivity index (χ1n) is 12.9. The first-order valence-corrected chi connectivity index (χ1v) is 12.9. The van der Waals surface area contributed by atoms with Crippen LogP contribution in [-0.4, -0.2) is 34.4 Å². The zero-order valence-corrected chi connectivity index (χ0v) is 22.7. The summed E-state index contributed by atoms with van der Waals surface area (Å²) in [4.78, 5) is 28.6.